The highest BCUT2D eigenvalue weighted by atomic mass is 19.1. The van der Waals surface area contributed by atoms with E-state index in [0.717, 1.165) is 36.2 Å². The summed E-state index contributed by atoms with van der Waals surface area (Å²) in [4.78, 5) is 11.2. The molecule has 1 fully saturated rings. The van der Waals surface area contributed by atoms with Gasteiger partial charge in [-0.05, 0) is 60.6 Å². The Morgan fingerprint density at radius 3 is 2.71 bits per heavy atom. The summed E-state index contributed by atoms with van der Waals surface area (Å²) in [5.74, 6) is 0.0255. The number of hydrogen-bond donors (Lipinski definition) is 3. The van der Waals surface area contributed by atoms with Gasteiger partial charge < -0.3 is 20.9 Å². The zero-order chi connectivity index (χ0) is 24.8. The van der Waals surface area contributed by atoms with Crippen LogP contribution in [-0.2, 0) is 17.8 Å². The fraction of sp³-hybridized carbons (Fsp3) is 0.345. The molecule has 184 valence electrons. The molecule has 0 heterocycles. The number of aliphatic carboxylic acids is 1. The molecule has 5 nitrogen and oxygen atoms in total. The van der Waals surface area contributed by atoms with E-state index in [9.17, 15) is 9.90 Å². The van der Waals surface area contributed by atoms with Crippen LogP contribution in [0.4, 0.5) is 10.1 Å². The van der Waals surface area contributed by atoms with Crippen molar-refractivity contribution in [1.29, 1.82) is 0 Å². The molecule has 3 aromatic rings. The summed E-state index contributed by atoms with van der Waals surface area (Å²) in [6.07, 6.45) is 3.96. The minimum atomic E-state index is -0.911. The van der Waals surface area contributed by atoms with Gasteiger partial charge in [-0.2, -0.15) is 0 Å². The van der Waals surface area contributed by atoms with E-state index in [-0.39, 0.29) is 24.9 Å². The molecule has 0 saturated heterocycles. The van der Waals surface area contributed by atoms with Crippen molar-refractivity contribution in [1.82, 2.24) is 0 Å². The van der Waals surface area contributed by atoms with Crippen LogP contribution in [0.25, 0.3) is 11.1 Å². The molecule has 4 rings (SSSR count). The molecule has 0 spiro atoms. The molecule has 1 aliphatic rings. The number of nitrogens with one attached hydrogen (secondary N) is 1. The molecule has 1 unspecified atom stereocenters. The first-order valence-corrected chi connectivity index (χ1v) is 12.3. The van der Waals surface area contributed by atoms with E-state index in [2.05, 4.69) is 5.32 Å². The number of benzene rings is 3. The third-order valence-corrected chi connectivity index (χ3v) is 6.33. The predicted molar refractivity (Wildman–Crippen MR) is 137 cm³/mol. The van der Waals surface area contributed by atoms with Crippen molar-refractivity contribution in [3.63, 3.8) is 0 Å². The van der Waals surface area contributed by atoms with E-state index in [4.69, 9.17) is 10.5 Å². The molecule has 0 aliphatic heterocycles. The monoisotopic (exact) mass is 476 g/mol. The fourth-order valence-electron chi connectivity index (χ4n) is 4.26. The van der Waals surface area contributed by atoms with E-state index in [1.807, 2.05) is 37.3 Å². The molecule has 0 aromatic heterocycles. The minimum absolute atomic E-state index is 0.111. The summed E-state index contributed by atoms with van der Waals surface area (Å²) >= 11 is 0. The number of nitrogens with two attached hydrogens (primary N) is 1. The van der Waals surface area contributed by atoms with Crippen LogP contribution < -0.4 is 15.8 Å². The second-order valence-corrected chi connectivity index (χ2v) is 9.31. The lowest BCUT2D eigenvalue weighted by molar-refractivity contribution is -0.136. The fourth-order valence-corrected chi connectivity index (χ4v) is 4.26. The van der Waals surface area contributed by atoms with Crippen molar-refractivity contribution in [3.05, 3.63) is 83.2 Å². The smallest absolute Gasteiger partial charge is 0.307 e. The summed E-state index contributed by atoms with van der Waals surface area (Å²) < 4.78 is 21.6. The van der Waals surface area contributed by atoms with Crippen molar-refractivity contribution in [2.75, 3.05) is 11.9 Å². The van der Waals surface area contributed by atoms with E-state index >= 15 is 4.39 Å². The first kappa shape index (κ1) is 24.7. The number of halogens is 1. The van der Waals surface area contributed by atoms with Crippen LogP contribution >= 0.6 is 0 Å². The number of para-hydroxylation sites is 1. The highest BCUT2D eigenvalue weighted by Gasteiger charge is 2.21. The summed E-state index contributed by atoms with van der Waals surface area (Å²) in [5, 5.41) is 12.7. The zero-order valence-corrected chi connectivity index (χ0v) is 20.1. The number of carboxylic acids is 1. The topological polar surface area (TPSA) is 84.6 Å². The Kier molecular flexibility index (Phi) is 8.03. The Hall–Kier alpha value is -3.38. The van der Waals surface area contributed by atoms with Gasteiger partial charge in [0.15, 0.2) is 0 Å². The van der Waals surface area contributed by atoms with Gasteiger partial charge in [0.25, 0.3) is 0 Å². The standard InChI is InChI=1S/C29H33FN2O3/c1-2-6-26(31)25-9-5-8-24(29(25)30)22-13-20(14-23(15-22)32-17-19-11-12-19)18-35-27-10-4-3-7-21(27)16-28(33)34/h3-5,7-10,13-15,19,26,32H,2,6,11-12,16-18,31H2,1H3,(H,33,34). The molecule has 0 radical (unpaired) electrons. The van der Waals surface area contributed by atoms with Crippen LogP contribution in [-0.4, -0.2) is 17.6 Å². The predicted octanol–water partition coefficient (Wildman–Crippen LogP) is 6.32. The number of carboxylic acid groups (broad SMARTS) is 1. The molecule has 1 saturated carbocycles. The van der Waals surface area contributed by atoms with Crippen molar-refractivity contribution < 1.29 is 19.0 Å². The summed E-state index contributed by atoms with van der Waals surface area (Å²) in [5.41, 5.74) is 10.4. The van der Waals surface area contributed by atoms with Crippen LogP contribution in [0, 0.1) is 11.7 Å². The van der Waals surface area contributed by atoms with Crippen molar-refractivity contribution in [3.8, 4) is 16.9 Å². The van der Waals surface area contributed by atoms with Crippen LogP contribution in [0.1, 0.15) is 55.3 Å². The Bertz CT molecular complexity index is 1180. The first-order chi connectivity index (χ1) is 16.9. The van der Waals surface area contributed by atoms with Gasteiger partial charge >= 0.3 is 5.97 Å². The summed E-state index contributed by atoms with van der Waals surface area (Å²) in [6.45, 7) is 3.16. The molecular weight excluding hydrogens is 443 g/mol. The maximum Gasteiger partial charge on any atom is 0.307 e. The Balaban J connectivity index is 1.63. The van der Waals surface area contributed by atoms with Crippen molar-refractivity contribution in [2.45, 2.75) is 51.7 Å². The largest absolute Gasteiger partial charge is 0.489 e. The molecule has 4 N–H and O–H groups in total. The van der Waals surface area contributed by atoms with Gasteiger partial charge in [-0.25, -0.2) is 4.39 Å². The number of ether oxygens (including phenoxy) is 1. The molecule has 3 aromatic carbocycles. The lowest BCUT2D eigenvalue weighted by Gasteiger charge is -2.17. The van der Waals surface area contributed by atoms with E-state index in [0.29, 0.717) is 28.4 Å². The molecule has 1 atom stereocenters. The third-order valence-electron chi connectivity index (χ3n) is 6.33. The number of carbonyl (C=O) groups is 1. The van der Waals surface area contributed by atoms with E-state index in [1.54, 1.807) is 30.3 Å². The molecule has 0 bridgehead atoms. The number of anilines is 1. The SMILES string of the molecule is CCCC(N)c1cccc(-c2cc(COc3ccccc3CC(=O)O)cc(NCC3CC3)c2)c1F. The van der Waals surface area contributed by atoms with Gasteiger partial charge in [-0.1, -0.05) is 49.7 Å². The van der Waals surface area contributed by atoms with Gasteiger partial charge in [0.2, 0.25) is 0 Å². The first-order valence-electron chi connectivity index (χ1n) is 12.3. The molecular formula is C29H33FN2O3. The normalized spacial score (nSPS) is 13.9. The third kappa shape index (κ3) is 6.61. The number of rotatable bonds is 12. The quantitative estimate of drug-likeness (QED) is 0.285. The summed E-state index contributed by atoms with van der Waals surface area (Å²) in [7, 11) is 0. The molecule has 1 aliphatic carbocycles. The summed E-state index contributed by atoms with van der Waals surface area (Å²) in [6, 6.07) is 18.1. The minimum Gasteiger partial charge on any atom is -0.489 e. The van der Waals surface area contributed by atoms with E-state index < -0.39 is 5.97 Å². The second-order valence-electron chi connectivity index (χ2n) is 9.31. The average Bonchev–Trinajstić information content (AvgIpc) is 3.67. The van der Waals surface area contributed by atoms with Crippen LogP contribution in [0.15, 0.2) is 60.7 Å². The van der Waals surface area contributed by atoms with Crippen LogP contribution in [0.2, 0.25) is 0 Å². The van der Waals surface area contributed by atoms with E-state index in [1.165, 1.54) is 12.8 Å². The van der Waals surface area contributed by atoms with Gasteiger partial charge in [0.1, 0.15) is 18.2 Å². The maximum absolute atomic E-state index is 15.6. The van der Waals surface area contributed by atoms with Crippen molar-refractivity contribution in [2.24, 2.45) is 11.7 Å². The second kappa shape index (κ2) is 11.4. The highest BCUT2D eigenvalue weighted by Crippen LogP contribution is 2.33. The van der Waals surface area contributed by atoms with Gasteiger partial charge in [0.05, 0.1) is 6.42 Å². The maximum atomic E-state index is 15.6. The molecule has 0 amide bonds. The van der Waals surface area contributed by atoms with Crippen molar-refractivity contribution >= 4 is 11.7 Å². The van der Waals surface area contributed by atoms with Crippen LogP contribution in [0.3, 0.4) is 0 Å². The van der Waals surface area contributed by atoms with Gasteiger partial charge in [0, 0.05) is 35.0 Å². The molecule has 35 heavy (non-hydrogen) atoms. The average molecular weight is 477 g/mol. The Labute approximate surface area is 206 Å². The van der Waals surface area contributed by atoms with Crippen LogP contribution in [0.5, 0.6) is 5.75 Å². The Morgan fingerprint density at radius 1 is 1.17 bits per heavy atom. The highest BCUT2D eigenvalue weighted by molar-refractivity contribution is 5.72. The van der Waals surface area contributed by atoms with Gasteiger partial charge in [-0.15, -0.1) is 0 Å². The lowest BCUT2D eigenvalue weighted by atomic mass is 9.95. The Morgan fingerprint density at radius 2 is 1.97 bits per heavy atom. The lowest BCUT2D eigenvalue weighted by Crippen LogP contribution is -2.12. The zero-order valence-electron chi connectivity index (χ0n) is 20.1. The molecule has 6 heteroatoms. The number of hydrogen-bond acceptors (Lipinski definition) is 4. The van der Waals surface area contributed by atoms with Gasteiger partial charge in [-0.3, -0.25) is 4.79 Å².